The SMILES string of the molecule is CNc1nc(Nc2ccc3c(c2)C2CN(C)CC2S3(=O)=O)ncc1C(F)(F)F. The van der Waals surface area contributed by atoms with Crippen molar-refractivity contribution in [2.24, 2.45) is 0 Å². The van der Waals surface area contributed by atoms with Crippen LogP contribution >= 0.6 is 0 Å². The maximum atomic E-state index is 13.0. The van der Waals surface area contributed by atoms with Crippen LogP contribution in [0.1, 0.15) is 17.0 Å². The Balaban J connectivity index is 1.67. The molecule has 150 valence electrons. The molecule has 2 N–H and O–H groups in total. The lowest BCUT2D eigenvalue weighted by molar-refractivity contribution is -0.137. The standard InChI is InChI=1S/C17H18F3N5O2S/c1-21-15-12(17(18,19)20)6-22-16(24-15)23-9-3-4-13-10(5-9)11-7-25(2)8-14(11)28(13,26)27/h3-6,11,14H,7-8H2,1-2H3,(H2,21,22,23,24). The minimum atomic E-state index is -4.57. The number of rotatable bonds is 3. The Morgan fingerprint density at radius 3 is 2.68 bits per heavy atom. The molecule has 1 saturated heterocycles. The Bertz CT molecular complexity index is 1040. The third-order valence-electron chi connectivity index (χ3n) is 5.15. The van der Waals surface area contributed by atoms with Crippen LogP contribution in [0, 0.1) is 0 Å². The highest BCUT2D eigenvalue weighted by Gasteiger charge is 2.49. The molecular formula is C17H18F3N5O2S. The molecule has 0 radical (unpaired) electrons. The van der Waals surface area contributed by atoms with Gasteiger partial charge < -0.3 is 15.5 Å². The Hall–Kier alpha value is -2.40. The smallest absolute Gasteiger partial charge is 0.372 e. The molecule has 2 unspecified atom stereocenters. The second-order valence-electron chi connectivity index (χ2n) is 6.99. The second kappa shape index (κ2) is 6.31. The van der Waals surface area contributed by atoms with Crippen LogP contribution in [-0.2, 0) is 16.0 Å². The third kappa shape index (κ3) is 2.98. The number of halogens is 3. The number of fused-ring (bicyclic) bond motifs is 3. The normalized spacial score (nSPS) is 23.3. The molecule has 3 heterocycles. The van der Waals surface area contributed by atoms with Gasteiger partial charge in [-0.15, -0.1) is 0 Å². The maximum Gasteiger partial charge on any atom is 0.421 e. The number of hydrogen-bond acceptors (Lipinski definition) is 7. The Morgan fingerprint density at radius 2 is 2.00 bits per heavy atom. The van der Waals surface area contributed by atoms with Crippen molar-refractivity contribution in [3.8, 4) is 0 Å². The van der Waals surface area contributed by atoms with Gasteiger partial charge in [0, 0.05) is 37.9 Å². The van der Waals surface area contributed by atoms with Crippen molar-refractivity contribution >= 4 is 27.3 Å². The first-order valence-electron chi connectivity index (χ1n) is 8.56. The topological polar surface area (TPSA) is 87.2 Å². The van der Waals surface area contributed by atoms with Gasteiger partial charge in [-0.1, -0.05) is 0 Å². The molecule has 1 aromatic carbocycles. The van der Waals surface area contributed by atoms with Crippen molar-refractivity contribution in [1.29, 1.82) is 0 Å². The van der Waals surface area contributed by atoms with Crippen LogP contribution in [0.3, 0.4) is 0 Å². The second-order valence-corrected chi connectivity index (χ2v) is 9.13. The summed E-state index contributed by atoms with van der Waals surface area (Å²) in [5.74, 6) is -0.474. The number of sulfone groups is 1. The highest BCUT2D eigenvalue weighted by Crippen LogP contribution is 2.45. The van der Waals surface area contributed by atoms with Gasteiger partial charge in [-0.3, -0.25) is 0 Å². The first kappa shape index (κ1) is 18.9. The van der Waals surface area contributed by atoms with Gasteiger partial charge in [-0.05, 0) is 30.8 Å². The summed E-state index contributed by atoms with van der Waals surface area (Å²) in [5, 5.41) is 4.83. The zero-order chi connectivity index (χ0) is 20.3. The number of aromatic nitrogens is 2. The van der Waals surface area contributed by atoms with E-state index in [2.05, 4.69) is 20.6 Å². The summed E-state index contributed by atoms with van der Waals surface area (Å²) in [6.07, 6.45) is -3.86. The van der Waals surface area contributed by atoms with Gasteiger partial charge in [-0.25, -0.2) is 13.4 Å². The molecule has 1 aromatic heterocycles. The van der Waals surface area contributed by atoms with Crippen LogP contribution in [0.15, 0.2) is 29.3 Å². The Morgan fingerprint density at radius 1 is 1.25 bits per heavy atom. The van der Waals surface area contributed by atoms with Crippen molar-refractivity contribution in [3.63, 3.8) is 0 Å². The lowest BCUT2D eigenvalue weighted by Gasteiger charge is -2.14. The van der Waals surface area contributed by atoms with Crippen LogP contribution in [0.2, 0.25) is 0 Å². The molecule has 0 amide bonds. The molecule has 28 heavy (non-hydrogen) atoms. The van der Waals surface area contributed by atoms with E-state index < -0.39 is 26.8 Å². The number of likely N-dealkylation sites (tertiary alicyclic amines) is 1. The van der Waals surface area contributed by atoms with E-state index in [4.69, 9.17) is 0 Å². The molecule has 11 heteroatoms. The molecule has 2 aliphatic rings. The van der Waals surface area contributed by atoms with E-state index >= 15 is 0 Å². The predicted molar refractivity (Wildman–Crippen MR) is 97.5 cm³/mol. The largest absolute Gasteiger partial charge is 0.421 e. The average Bonchev–Trinajstić information content (AvgIpc) is 3.10. The highest BCUT2D eigenvalue weighted by atomic mass is 32.2. The zero-order valence-corrected chi connectivity index (χ0v) is 15.9. The number of nitrogens with one attached hydrogen (secondary N) is 2. The van der Waals surface area contributed by atoms with E-state index in [1.807, 2.05) is 11.9 Å². The fourth-order valence-electron chi connectivity index (χ4n) is 3.88. The lowest BCUT2D eigenvalue weighted by Crippen LogP contribution is -2.23. The molecule has 0 aliphatic carbocycles. The van der Waals surface area contributed by atoms with E-state index in [-0.39, 0.29) is 17.7 Å². The lowest BCUT2D eigenvalue weighted by atomic mass is 9.98. The number of benzene rings is 1. The summed E-state index contributed by atoms with van der Waals surface area (Å²) in [6.45, 7) is 1.12. The summed E-state index contributed by atoms with van der Waals surface area (Å²) in [6, 6.07) is 4.83. The molecule has 2 atom stereocenters. The van der Waals surface area contributed by atoms with Crippen molar-refractivity contribution in [2.75, 3.05) is 37.8 Å². The van der Waals surface area contributed by atoms with E-state index in [0.29, 0.717) is 29.9 Å². The van der Waals surface area contributed by atoms with Gasteiger partial charge in [0.25, 0.3) is 0 Å². The predicted octanol–water partition coefficient (Wildman–Crippen LogP) is 2.47. The fourth-order valence-corrected chi connectivity index (χ4v) is 6.12. The summed E-state index contributed by atoms with van der Waals surface area (Å²) in [5.41, 5.74) is 0.281. The summed E-state index contributed by atoms with van der Waals surface area (Å²) in [7, 11) is -0.149. The summed E-state index contributed by atoms with van der Waals surface area (Å²) >= 11 is 0. The van der Waals surface area contributed by atoms with E-state index in [9.17, 15) is 21.6 Å². The number of nitrogens with zero attached hydrogens (tertiary/aromatic N) is 3. The maximum absolute atomic E-state index is 13.0. The summed E-state index contributed by atoms with van der Waals surface area (Å²) in [4.78, 5) is 9.92. The Labute approximate surface area is 159 Å². The third-order valence-corrected chi connectivity index (χ3v) is 7.41. The van der Waals surface area contributed by atoms with Gasteiger partial charge >= 0.3 is 6.18 Å². The molecule has 1 fully saturated rings. The quantitative estimate of drug-likeness (QED) is 0.799. The molecule has 2 aliphatic heterocycles. The van der Waals surface area contributed by atoms with Gasteiger partial charge in [-0.2, -0.15) is 18.2 Å². The zero-order valence-electron chi connectivity index (χ0n) is 15.1. The molecular weight excluding hydrogens is 395 g/mol. The number of alkyl halides is 3. The van der Waals surface area contributed by atoms with Crippen LogP contribution in [0.5, 0.6) is 0 Å². The first-order chi connectivity index (χ1) is 13.1. The minimum Gasteiger partial charge on any atom is -0.372 e. The van der Waals surface area contributed by atoms with Crippen LogP contribution in [0.4, 0.5) is 30.6 Å². The number of anilines is 3. The molecule has 4 rings (SSSR count). The molecule has 0 bridgehead atoms. The van der Waals surface area contributed by atoms with E-state index in [1.54, 1.807) is 12.1 Å². The van der Waals surface area contributed by atoms with Crippen molar-refractivity contribution in [1.82, 2.24) is 14.9 Å². The van der Waals surface area contributed by atoms with Crippen LogP contribution in [-0.4, -0.2) is 55.7 Å². The molecule has 2 aromatic rings. The van der Waals surface area contributed by atoms with E-state index in [1.165, 1.54) is 13.1 Å². The molecule has 0 spiro atoms. The van der Waals surface area contributed by atoms with Gasteiger partial charge in [0.1, 0.15) is 11.4 Å². The Kier molecular flexibility index (Phi) is 4.27. The van der Waals surface area contributed by atoms with Crippen LogP contribution in [0.25, 0.3) is 0 Å². The highest BCUT2D eigenvalue weighted by molar-refractivity contribution is 7.92. The number of likely N-dealkylation sites (N-methyl/N-ethyl adjacent to an activating group) is 1. The van der Waals surface area contributed by atoms with Crippen molar-refractivity contribution < 1.29 is 21.6 Å². The monoisotopic (exact) mass is 413 g/mol. The van der Waals surface area contributed by atoms with Gasteiger partial charge in [0.05, 0.1) is 10.1 Å². The number of hydrogen-bond donors (Lipinski definition) is 2. The fraction of sp³-hybridized carbons (Fsp3) is 0.412. The molecule has 7 nitrogen and oxygen atoms in total. The van der Waals surface area contributed by atoms with Crippen LogP contribution < -0.4 is 10.6 Å². The average molecular weight is 413 g/mol. The summed E-state index contributed by atoms with van der Waals surface area (Å²) < 4.78 is 64.3. The first-order valence-corrected chi connectivity index (χ1v) is 10.1. The minimum absolute atomic E-state index is 0.0155. The van der Waals surface area contributed by atoms with E-state index in [0.717, 1.165) is 5.56 Å². The molecule has 0 saturated carbocycles. The van der Waals surface area contributed by atoms with Gasteiger partial charge in [0.15, 0.2) is 9.84 Å². The van der Waals surface area contributed by atoms with Gasteiger partial charge in [0.2, 0.25) is 5.95 Å². The van der Waals surface area contributed by atoms with Crippen molar-refractivity contribution in [2.45, 2.75) is 22.2 Å². The van der Waals surface area contributed by atoms with Crippen molar-refractivity contribution in [3.05, 3.63) is 35.5 Å².